The number of amides is 1. The van der Waals surface area contributed by atoms with Crippen LogP contribution < -0.4 is 5.32 Å². The standard InChI is InChI=1S/C13H23F2NO4/c1-6-19-10(17)9(7-8-13(5,14)15)16-11(18)20-12(2,3)4/h9H,6-8H2,1-5H3,(H,16,18)/t9-/m1/s1. The van der Waals surface area contributed by atoms with Gasteiger partial charge in [-0.1, -0.05) is 0 Å². The van der Waals surface area contributed by atoms with Crippen LogP contribution in [0.25, 0.3) is 0 Å². The molecule has 1 N–H and O–H groups in total. The van der Waals surface area contributed by atoms with Crippen LogP contribution in [-0.2, 0) is 14.3 Å². The van der Waals surface area contributed by atoms with E-state index < -0.39 is 36.0 Å². The lowest BCUT2D eigenvalue weighted by Crippen LogP contribution is -2.44. The van der Waals surface area contributed by atoms with Gasteiger partial charge in [0.05, 0.1) is 6.61 Å². The Hall–Kier alpha value is -1.40. The first-order chi connectivity index (χ1) is 8.94. The smallest absolute Gasteiger partial charge is 0.408 e. The Labute approximate surface area is 118 Å². The summed E-state index contributed by atoms with van der Waals surface area (Å²) in [5.74, 6) is -3.66. The number of esters is 1. The molecular formula is C13H23F2NO4. The van der Waals surface area contributed by atoms with E-state index >= 15 is 0 Å². The van der Waals surface area contributed by atoms with Crippen molar-refractivity contribution in [2.75, 3.05) is 6.61 Å². The summed E-state index contributed by atoms with van der Waals surface area (Å²) in [7, 11) is 0. The topological polar surface area (TPSA) is 64.6 Å². The molecule has 0 aliphatic carbocycles. The summed E-state index contributed by atoms with van der Waals surface area (Å²) in [5, 5.41) is 2.26. The van der Waals surface area contributed by atoms with Crippen molar-refractivity contribution in [3.8, 4) is 0 Å². The number of alkyl halides is 2. The van der Waals surface area contributed by atoms with Crippen molar-refractivity contribution in [3.05, 3.63) is 0 Å². The zero-order valence-electron chi connectivity index (χ0n) is 12.6. The molecule has 0 aromatic heterocycles. The SMILES string of the molecule is CCOC(=O)[C@@H](CCC(C)(F)F)NC(=O)OC(C)(C)C. The predicted octanol–water partition coefficient (Wildman–Crippen LogP) is 2.88. The van der Waals surface area contributed by atoms with Gasteiger partial charge in [-0.15, -0.1) is 0 Å². The summed E-state index contributed by atoms with van der Waals surface area (Å²) < 4.78 is 35.4. The number of ether oxygens (including phenoxy) is 2. The molecule has 0 aliphatic heterocycles. The fourth-order valence-corrected chi connectivity index (χ4v) is 1.34. The van der Waals surface area contributed by atoms with Gasteiger partial charge in [0.15, 0.2) is 0 Å². The fourth-order valence-electron chi connectivity index (χ4n) is 1.34. The van der Waals surface area contributed by atoms with Crippen LogP contribution in [0.15, 0.2) is 0 Å². The van der Waals surface area contributed by atoms with E-state index in [-0.39, 0.29) is 13.0 Å². The Morgan fingerprint density at radius 1 is 1.20 bits per heavy atom. The first-order valence-electron chi connectivity index (χ1n) is 6.48. The van der Waals surface area contributed by atoms with E-state index in [1.807, 2.05) is 0 Å². The molecule has 1 atom stereocenters. The number of hydrogen-bond donors (Lipinski definition) is 1. The second-order valence-corrected chi connectivity index (χ2v) is 5.56. The van der Waals surface area contributed by atoms with Crippen molar-refractivity contribution in [1.82, 2.24) is 5.32 Å². The lowest BCUT2D eigenvalue weighted by atomic mass is 10.1. The molecule has 118 valence electrons. The zero-order valence-corrected chi connectivity index (χ0v) is 12.6. The Bertz CT molecular complexity index is 334. The second-order valence-electron chi connectivity index (χ2n) is 5.56. The molecule has 0 spiro atoms. The number of carbonyl (C=O) groups excluding carboxylic acids is 2. The van der Waals surface area contributed by atoms with Crippen LogP contribution in [0.5, 0.6) is 0 Å². The van der Waals surface area contributed by atoms with Gasteiger partial charge in [0.2, 0.25) is 5.92 Å². The van der Waals surface area contributed by atoms with Crippen molar-refractivity contribution in [2.45, 2.75) is 65.0 Å². The van der Waals surface area contributed by atoms with Crippen LogP contribution in [-0.4, -0.2) is 36.2 Å². The lowest BCUT2D eigenvalue weighted by Gasteiger charge is -2.23. The van der Waals surface area contributed by atoms with Crippen molar-refractivity contribution < 1.29 is 27.8 Å². The number of carbonyl (C=O) groups is 2. The maximum atomic E-state index is 12.8. The van der Waals surface area contributed by atoms with Crippen LogP contribution in [0.2, 0.25) is 0 Å². The van der Waals surface area contributed by atoms with Gasteiger partial charge >= 0.3 is 12.1 Å². The second kappa shape index (κ2) is 7.40. The minimum atomic E-state index is -2.92. The zero-order chi connectivity index (χ0) is 16.0. The minimum absolute atomic E-state index is 0.105. The van der Waals surface area contributed by atoms with Gasteiger partial charge in [-0.3, -0.25) is 0 Å². The molecule has 0 aromatic rings. The molecule has 0 bridgehead atoms. The van der Waals surface area contributed by atoms with Gasteiger partial charge in [0.1, 0.15) is 11.6 Å². The van der Waals surface area contributed by atoms with Gasteiger partial charge in [0, 0.05) is 6.42 Å². The average molecular weight is 295 g/mol. The van der Waals surface area contributed by atoms with E-state index in [2.05, 4.69) is 5.32 Å². The molecule has 0 rings (SSSR count). The van der Waals surface area contributed by atoms with E-state index in [0.29, 0.717) is 0 Å². The minimum Gasteiger partial charge on any atom is -0.464 e. The normalized spacial score (nSPS) is 13.6. The van der Waals surface area contributed by atoms with E-state index in [1.165, 1.54) is 0 Å². The highest BCUT2D eigenvalue weighted by molar-refractivity contribution is 5.81. The van der Waals surface area contributed by atoms with E-state index in [4.69, 9.17) is 9.47 Å². The van der Waals surface area contributed by atoms with Crippen LogP contribution >= 0.6 is 0 Å². The molecule has 0 aromatic carbocycles. The predicted molar refractivity (Wildman–Crippen MR) is 69.6 cm³/mol. The van der Waals surface area contributed by atoms with E-state index in [9.17, 15) is 18.4 Å². The molecule has 0 radical (unpaired) electrons. The largest absolute Gasteiger partial charge is 0.464 e. The third-order valence-electron chi connectivity index (χ3n) is 2.13. The van der Waals surface area contributed by atoms with Crippen molar-refractivity contribution in [3.63, 3.8) is 0 Å². The number of nitrogens with one attached hydrogen (secondary N) is 1. The van der Waals surface area contributed by atoms with Crippen molar-refractivity contribution in [2.24, 2.45) is 0 Å². The van der Waals surface area contributed by atoms with Crippen LogP contribution in [0.4, 0.5) is 13.6 Å². The Morgan fingerprint density at radius 2 is 1.75 bits per heavy atom. The van der Waals surface area contributed by atoms with Gasteiger partial charge in [-0.2, -0.15) is 0 Å². The summed E-state index contributed by atoms with van der Waals surface area (Å²) in [4.78, 5) is 23.2. The summed E-state index contributed by atoms with van der Waals surface area (Å²) in [6.45, 7) is 7.43. The monoisotopic (exact) mass is 295 g/mol. The van der Waals surface area contributed by atoms with Crippen molar-refractivity contribution >= 4 is 12.1 Å². The van der Waals surface area contributed by atoms with Crippen LogP contribution in [0.1, 0.15) is 47.5 Å². The molecule has 20 heavy (non-hydrogen) atoms. The molecule has 7 heteroatoms. The molecular weight excluding hydrogens is 272 g/mol. The van der Waals surface area contributed by atoms with Crippen LogP contribution in [0.3, 0.4) is 0 Å². The summed E-state index contributed by atoms with van der Waals surface area (Å²) in [6.07, 6.45) is -1.59. The average Bonchev–Trinajstić information content (AvgIpc) is 2.20. The summed E-state index contributed by atoms with van der Waals surface area (Å²) in [5.41, 5.74) is -0.738. The number of alkyl carbamates (subject to hydrolysis) is 1. The third kappa shape index (κ3) is 9.52. The highest BCUT2D eigenvalue weighted by Crippen LogP contribution is 2.20. The third-order valence-corrected chi connectivity index (χ3v) is 2.13. The van der Waals surface area contributed by atoms with E-state index in [1.54, 1.807) is 27.7 Å². The lowest BCUT2D eigenvalue weighted by molar-refractivity contribution is -0.146. The summed E-state index contributed by atoms with van der Waals surface area (Å²) >= 11 is 0. The number of rotatable bonds is 6. The molecule has 1 amide bonds. The molecule has 0 unspecified atom stereocenters. The Kier molecular flexibility index (Phi) is 6.88. The quantitative estimate of drug-likeness (QED) is 0.765. The molecule has 5 nitrogen and oxygen atoms in total. The first kappa shape index (κ1) is 18.6. The van der Waals surface area contributed by atoms with Gasteiger partial charge in [-0.05, 0) is 41.0 Å². The first-order valence-corrected chi connectivity index (χ1v) is 6.48. The number of hydrogen-bond acceptors (Lipinski definition) is 4. The van der Waals surface area contributed by atoms with Gasteiger partial charge in [-0.25, -0.2) is 18.4 Å². The Morgan fingerprint density at radius 3 is 2.15 bits per heavy atom. The van der Waals surface area contributed by atoms with Crippen molar-refractivity contribution in [1.29, 1.82) is 0 Å². The van der Waals surface area contributed by atoms with Crippen LogP contribution in [0, 0.1) is 0 Å². The van der Waals surface area contributed by atoms with Gasteiger partial charge < -0.3 is 14.8 Å². The highest BCUT2D eigenvalue weighted by atomic mass is 19.3. The maximum Gasteiger partial charge on any atom is 0.408 e. The van der Waals surface area contributed by atoms with Gasteiger partial charge in [0.25, 0.3) is 0 Å². The summed E-state index contributed by atoms with van der Waals surface area (Å²) in [6, 6.07) is -1.14. The molecule has 0 saturated heterocycles. The molecule has 0 saturated carbocycles. The molecule has 0 heterocycles. The highest BCUT2D eigenvalue weighted by Gasteiger charge is 2.29. The Balaban J connectivity index is 4.61. The maximum absolute atomic E-state index is 12.8. The number of halogens is 2. The fraction of sp³-hybridized carbons (Fsp3) is 0.846. The molecule has 0 fully saturated rings. The molecule has 0 aliphatic rings. The van der Waals surface area contributed by atoms with E-state index in [0.717, 1.165) is 6.92 Å².